The van der Waals surface area contributed by atoms with Gasteiger partial charge < -0.3 is 9.63 Å². The van der Waals surface area contributed by atoms with Crippen LogP contribution >= 0.6 is 0 Å². The Labute approximate surface area is 109 Å². The number of hydrogen-bond donors (Lipinski definition) is 1. The zero-order valence-electron chi connectivity index (χ0n) is 9.86. The van der Waals surface area contributed by atoms with Gasteiger partial charge in [0.2, 0.25) is 0 Å². The Kier molecular flexibility index (Phi) is 3.96. The number of aromatic nitrogens is 1. The molecule has 7 heteroatoms. The van der Waals surface area contributed by atoms with Gasteiger partial charge in [0.1, 0.15) is 12.1 Å². The molecule has 0 radical (unpaired) electrons. The maximum absolute atomic E-state index is 13.4. The quantitative estimate of drug-likeness (QED) is 0.899. The zero-order valence-corrected chi connectivity index (χ0v) is 10.7. The summed E-state index contributed by atoms with van der Waals surface area (Å²) in [7, 11) is -3.61. The summed E-state index contributed by atoms with van der Waals surface area (Å²) in [4.78, 5) is 0. The van der Waals surface area contributed by atoms with E-state index in [4.69, 9.17) is 0 Å². The molecule has 0 aliphatic heterocycles. The largest absolute Gasteiger partial charge is 0.387 e. The summed E-state index contributed by atoms with van der Waals surface area (Å²) >= 11 is 0. The first-order valence-corrected chi connectivity index (χ1v) is 7.32. The Hall–Kier alpha value is -1.73. The number of benzene rings is 1. The van der Waals surface area contributed by atoms with Crippen LogP contribution in [0.4, 0.5) is 4.39 Å². The maximum atomic E-state index is 13.4. The van der Waals surface area contributed by atoms with E-state index in [2.05, 4.69) is 9.68 Å². The molecule has 0 aliphatic carbocycles. The Morgan fingerprint density at radius 3 is 2.68 bits per heavy atom. The highest BCUT2D eigenvalue weighted by atomic mass is 32.2. The van der Waals surface area contributed by atoms with Gasteiger partial charge in [-0.3, -0.25) is 0 Å². The van der Waals surface area contributed by atoms with Crippen molar-refractivity contribution < 1.29 is 22.4 Å². The molecule has 2 aromatic rings. The Morgan fingerprint density at radius 2 is 2.05 bits per heavy atom. The van der Waals surface area contributed by atoms with E-state index in [9.17, 15) is 17.9 Å². The summed E-state index contributed by atoms with van der Waals surface area (Å²) in [6.45, 7) is 0. The van der Waals surface area contributed by atoms with Crippen LogP contribution in [0.15, 0.2) is 41.1 Å². The summed E-state index contributed by atoms with van der Waals surface area (Å²) in [5.74, 6) is -1.55. The first kappa shape index (κ1) is 13.7. The third-order valence-corrected chi connectivity index (χ3v) is 4.09. The van der Waals surface area contributed by atoms with Crippen molar-refractivity contribution in [1.29, 1.82) is 0 Å². The fourth-order valence-electron chi connectivity index (χ4n) is 1.67. The minimum atomic E-state index is -3.61. The van der Waals surface area contributed by atoms with E-state index >= 15 is 0 Å². The third kappa shape index (κ3) is 3.62. The summed E-state index contributed by atoms with van der Waals surface area (Å²) in [6.07, 6.45) is -0.142. The fourth-order valence-corrected chi connectivity index (χ4v) is 3.05. The molecule has 0 fully saturated rings. The smallest absolute Gasteiger partial charge is 0.159 e. The molecule has 1 atom stereocenters. The maximum Gasteiger partial charge on any atom is 0.159 e. The van der Waals surface area contributed by atoms with Gasteiger partial charge in [0.25, 0.3) is 0 Å². The molecule has 19 heavy (non-hydrogen) atoms. The lowest BCUT2D eigenvalue weighted by Crippen LogP contribution is -2.17. The van der Waals surface area contributed by atoms with Gasteiger partial charge >= 0.3 is 0 Å². The molecule has 5 nitrogen and oxygen atoms in total. The second-order valence-corrected chi connectivity index (χ2v) is 6.19. The monoisotopic (exact) mass is 285 g/mol. The molecule has 1 aromatic heterocycles. The highest BCUT2D eigenvalue weighted by molar-refractivity contribution is 7.90. The van der Waals surface area contributed by atoms with Crippen LogP contribution in [0.2, 0.25) is 0 Å². The highest BCUT2D eigenvalue weighted by Crippen LogP contribution is 2.19. The van der Waals surface area contributed by atoms with Crippen LogP contribution in [-0.2, 0) is 15.6 Å². The molecule has 0 spiro atoms. The molecule has 102 valence electrons. The van der Waals surface area contributed by atoms with Crippen molar-refractivity contribution in [2.75, 3.05) is 5.75 Å². The van der Waals surface area contributed by atoms with Crippen molar-refractivity contribution in [3.8, 4) is 0 Å². The molecule has 1 aromatic carbocycles. The molecular weight excluding hydrogens is 273 g/mol. The van der Waals surface area contributed by atoms with Gasteiger partial charge in [-0.2, -0.15) is 0 Å². The summed E-state index contributed by atoms with van der Waals surface area (Å²) < 4.78 is 41.6. The van der Waals surface area contributed by atoms with Gasteiger partial charge in [-0.25, -0.2) is 12.8 Å². The first-order valence-electron chi connectivity index (χ1n) is 5.50. The van der Waals surface area contributed by atoms with E-state index in [1.165, 1.54) is 36.6 Å². The van der Waals surface area contributed by atoms with Crippen molar-refractivity contribution in [2.24, 2.45) is 0 Å². The topological polar surface area (TPSA) is 80.4 Å². The lowest BCUT2D eigenvalue weighted by atomic mass is 10.1. The normalized spacial score (nSPS) is 13.4. The number of rotatable bonds is 5. The number of sulfone groups is 1. The first-order chi connectivity index (χ1) is 8.98. The average molecular weight is 285 g/mol. The van der Waals surface area contributed by atoms with Gasteiger partial charge in [0.15, 0.2) is 9.84 Å². The van der Waals surface area contributed by atoms with Crippen LogP contribution in [0.25, 0.3) is 0 Å². The predicted octanol–water partition coefficient (Wildman–Crippen LogP) is 1.46. The predicted molar refractivity (Wildman–Crippen MR) is 65.4 cm³/mol. The van der Waals surface area contributed by atoms with Crippen LogP contribution < -0.4 is 0 Å². The van der Waals surface area contributed by atoms with Crippen molar-refractivity contribution in [1.82, 2.24) is 5.16 Å². The number of nitrogens with zero attached hydrogens (tertiary/aromatic N) is 1. The molecule has 1 N–H and O–H groups in total. The molecular formula is C12H12FNO4S. The minimum Gasteiger partial charge on any atom is -0.387 e. The lowest BCUT2D eigenvalue weighted by molar-refractivity contribution is 0.196. The highest BCUT2D eigenvalue weighted by Gasteiger charge is 2.22. The SMILES string of the molecule is O=S(=O)(Cc1ccon1)CC(O)c1ccccc1F. The summed E-state index contributed by atoms with van der Waals surface area (Å²) in [5, 5.41) is 13.3. The van der Waals surface area contributed by atoms with Crippen molar-refractivity contribution in [2.45, 2.75) is 11.9 Å². The number of aliphatic hydroxyl groups is 1. The molecule has 1 heterocycles. The molecule has 0 aliphatic rings. The van der Waals surface area contributed by atoms with E-state index in [0.717, 1.165) is 0 Å². The Morgan fingerprint density at radius 1 is 1.32 bits per heavy atom. The third-order valence-electron chi connectivity index (χ3n) is 2.54. The van der Waals surface area contributed by atoms with Gasteiger partial charge in [-0.05, 0) is 6.07 Å². The van der Waals surface area contributed by atoms with Gasteiger partial charge in [0, 0.05) is 11.6 Å². The van der Waals surface area contributed by atoms with Crippen molar-refractivity contribution >= 4 is 9.84 Å². The van der Waals surface area contributed by atoms with Crippen LogP contribution in [0.5, 0.6) is 0 Å². The average Bonchev–Trinajstić information content (AvgIpc) is 2.80. The van der Waals surface area contributed by atoms with E-state index in [-0.39, 0.29) is 17.0 Å². The van der Waals surface area contributed by atoms with Crippen LogP contribution in [0.1, 0.15) is 17.4 Å². The van der Waals surface area contributed by atoms with Crippen molar-refractivity contribution in [3.63, 3.8) is 0 Å². The van der Waals surface area contributed by atoms with Gasteiger partial charge in [0.05, 0.1) is 23.3 Å². The fraction of sp³-hybridized carbons (Fsp3) is 0.250. The van der Waals surface area contributed by atoms with Gasteiger partial charge in [-0.1, -0.05) is 23.4 Å². The molecule has 0 saturated carbocycles. The van der Waals surface area contributed by atoms with Crippen LogP contribution in [0.3, 0.4) is 0 Å². The summed E-state index contributed by atoms with van der Waals surface area (Å²) in [5.41, 5.74) is 0.215. The van der Waals surface area contributed by atoms with E-state index in [1.807, 2.05) is 0 Å². The van der Waals surface area contributed by atoms with E-state index < -0.39 is 27.5 Å². The number of aliphatic hydroxyl groups excluding tert-OH is 1. The van der Waals surface area contributed by atoms with Crippen LogP contribution in [-0.4, -0.2) is 24.4 Å². The molecule has 0 amide bonds. The second-order valence-electron chi connectivity index (χ2n) is 4.08. The number of halogens is 1. The standard InChI is InChI=1S/C12H12FNO4S/c13-11-4-2-1-3-10(11)12(15)8-19(16,17)7-9-5-6-18-14-9/h1-6,12,15H,7-8H2. The van der Waals surface area contributed by atoms with E-state index in [1.54, 1.807) is 0 Å². The van der Waals surface area contributed by atoms with Crippen molar-refractivity contribution in [3.05, 3.63) is 53.7 Å². The second kappa shape index (κ2) is 5.50. The molecule has 1 unspecified atom stereocenters. The number of hydrogen-bond acceptors (Lipinski definition) is 5. The van der Waals surface area contributed by atoms with E-state index in [0.29, 0.717) is 0 Å². The molecule has 0 saturated heterocycles. The molecule has 2 rings (SSSR count). The van der Waals surface area contributed by atoms with Gasteiger partial charge in [-0.15, -0.1) is 0 Å². The van der Waals surface area contributed by atoms with Crippen LogP contribution in [0, 0.1) is 5.82 Å². The lowest BCUT2D eigenvalue weighted by Gasteiger charge is -2.11. The zero-order chi connectivity index (χ0) is 13.9. The Balaban J connectivity index is 2.10. The molecule has 0 bridgehead atoms. The summed E-state index contributed by atoms with van der Waals surface area (Å²) in [6, 6.07) is 6.95. The minimum absolute atomic E-state index is 0.0359. The Bertz CT molecular complexity index is 640.